The first kappa shape index (κ1) is 24.6. The van der Waals surface area contributed by atoms with Gasteiger partial charge in [-0.15, -0.1) is 0 Å². The van der Waals surface area contributed by atoms with E-state index in [0.29, 0.717) is 0 Å². The molecule has 0 amide bonds. The predicted octanol–water partition coefficient (Wildman–Crippen LogP) is 2.43. The van der Waals surface area contributed by atoms with Crippen molar-refractivity contribution in [1.82, 2.24) is 6.15 Å². The molecule has 1 aromatic rings. The molecule has 0 aliphatic rings. The molecule has 152 valence electrons. The van der Waals surface area contributed by atoms with Gasteiger partial charge >= 0.3 is 17.9 Å². The van der Waals surface area contributed by atoms with Crippen molar-refractivity contribution in [3.8, 4) is 0 Å². The van der Waals surface area contributed by atoms with Crippen LogP contribution in [0, 0.1) is 5.92 Å². The maximum atomic E-state index is 12.3. The van der Waals surface area contributed by atoms with Crippen LogP contribution >= 0.6 is 0 Å². The summed E-state index contributed by atoms with van der Waals surface area (Å²) >= 11 is 0. The summed E-state index contributed by atoms with van der Waals surface area (Å²) in [6, 6.07) is 7.65. The number of rotatable bonds is 9. The zero-order valence-electron chi connectivity index (χ0n) is 16.1. The molecule has 8 nitrogen and oxygen atoms in total. The largest absolute Gasteiger partial charge is 0.480 e. The van der Waals surface area contributed by atoms with E-state index in [1.807, 2.05) is 18.2 Å². The van der Waals surface area contributed by atoms with Gasteiger partial charge in [-0.2, -0.15) is 0 Å². The summed E-state index contributed by atoms with van der Waals surface area (Å²) < 4.78 is 10.4. The first-order valence-corrected chi connectivity index (χ1v) is 8.51. The zero-order chi connectivity index (χ0) is 19.7. The van der Waals surface area contributed by atoms with Crippen LogP contribution in [0.25, 0.3) is 0 Å². The first-order chi connectivity index (χ1) is 12.1. The van der Waals surface area contributed by atoms with Crippen LogP contribution in [0.2, 0.25) is 0 Å². The molecular formula is C19H30N2O6. The summed E-state index contributed by atoms with van der Waals surface area (Å²) in [4.78, 5) is 35.2. The van der Waals surface area contributed by atoms with Gasteiger partial charge in [-0.05, 0) is 39.2 Å². The zero-order valence-corrected chi connectivity index (χ0v) is 16.1. The Morgan fingerprint density at radius 3 is 2.26 bits per heavy atom. The number of carboxylic acid groups (broad SMARTS) is 1. The van der Waals surface area contributed by atoms with E-state index in [9.17, 15) is 14.4 Å². The molecule has 0 aliphatic carbocycles. The molecule has 0 bridgehead atoms. The minimum absolute atomic E-state index is 0. The SMILES string of the molecule is CC(C)(C)OC(=O)CCCC(C(=O)OCc1ccccc1)C(N)C(=O)O.N. The Kier molecular flexibility index (Phi) is 10.3. The van der Waals surface area contributed by atoms with E-state index in [0.717, 1.165) is 5.56 Å². The van der Waals surface area contributed by atoms with Gasteiger partial charge in [-0.1, -0.05) is 30.3 Å². The molecule has 6 N–H and O–H groups in total. The number of carbonyl (C=O) groups is 3. The molecule has 0 aromatic heterocycles. The monoisotopic (exact) mass is 382 g/mol. The Hall–Kier alpha value is -2.45. The summed E-state index contributed by atoms with van der Waals surface area (Å²) in [6.07, 6.45) is 0.480. The average molecular weight is 382 g/mol. The fourth-order valence-corrected chi connectivity index (χ4v) is 2.31. The van der Waals surface area contributed by atoms with Gasteiger partial charge in [-0.3, -0.25) is 14.4 Å². The second kappa shape index (κ2) is 11.3. The van der Waals surface area contributed by atoms with Crippen molar-refractivity contribution in [2.75, 3.05) is 0 Å². The van der Waals surface area contributed by atoms with Crippen LogP contribution in [0.5, 0.6) is 0 Å². The Bertz CT molecular complexity index is 612. The van der Waals surface area contributed by atoms with Crippen LogP contribution in [-0.4, -0.2) is 34.7 Å². The molecule has 27 heavy (non-hydrogen) atoms. The van der Waals surface area contributed by atoms with Crippen LogP contribution in [0.4, 0.5) is 0 Å². The smallest absolute Gasteiger partial charge is 0.321 e. The summed E-state index contributed by atoms with van der Waals surface area (Å²) in [7, 11) is 0. The van der Waals surface area contributed by atoms with Gasteiger partial charge in [0.05, 0.1) is 5.92 Å². The number of carboxylic acids is 1. The number of esters is 2. The quantitative estimate of drug-likeness (QED) is 0.551. The topological polar surface area (TPSA) is 151 Å². The van der Waals surface area contributed by atoms with Crippen LogP contribution in [0.1, 0.15) is 45.6 Å². The number of hydrogen-bond donors (Lipinski definition) is 3. The van der Waals surface area contributed by atoms with Crippen molar-refractivity contribution < 1.29 is 29.0 Å². The lowest BCUT2D eigenvalue weighted by atomic mass is 9.94. The highest BCUT2D eigenvalue weighted by atomic mass is 16.6. The molecule has 2 atom stereocenters. The number of ether oxygens (including phenoxy) is 2. The van der Waals surface area contributed by atoms with Gasteiger partial charge in [-0.25, -0.2) is 0 Å². The molecule has 1 aromatic carbocycles. The van der Waals surface area contributed by atoms with E-state index in [2.05, 4.69) is 0 Å². The highest BCUT2D eigenvalue weighted by Gasteiger charge is 2.32. The Labute approximate surface area is 159 Å². The van der Waals surface area contributed by atoms with Crippen molar-refractivity contribution in [3.63, 3.8) is 0 Å². The second-order valence-corrected chi connectivity index (χ2v) is 7.04. The van der Waals surface area contributed by atoms with Crippen LogP contribution in [0.15, 0.2) is 30.3 Å². The Morgan fingerprint density at radius 2 is 1.74 bits per heavy atom. The third-order valence-corrected chi connectivity index (χ3v) is 3.56. The molecule has 2 unspecified atom stereocenters. The number of carbonyl (C=O) groups excluding carboxylic acids is 2. The summed E-state index contributed by atoms with van der Waals surface area (Å²) in [5.41, 5.74) is 5.83. The molecule has 0 heterocycles. The number of hydrogen-bond acceptors (Lipinski definition) is 7. The normalized spacial score (nSPS) is 13.0. The van der Waals surface area contributed by atoms with Crippen molar-refractivity contribution >= 4 is 17.9 Å². The molecule has 0 fully saturated rings. The van der Waals surface area contributed by atoms with E-state index >= 15 is 0 Å². The fourth-order valence-electron chi connectivity index (χ4n) is 2.31. The summed E-state index contributed by atoms with van der Waals surface area (Å²) in [6.45, 7) is 5.31. The minimum atomic E-state index is -1.39. The highest BCUT2D eigenvalue weighted by Crippen LogP contribution is 2.17. The summed E-state index contributed by atoms with van der Waals surface area (Å²) in [5.74, 6) is -3.41. The van der Waals surface area contributed by atoms with Crippen molar-refractivity contribution in [1.29, 1.82) is 0 Å². The second-order valence-electron chi connectivity index (χ2n) is 7.04. The molecule has 0 spiro atoms. The maximum absolute atomic E-state index is 12.3. The van der Waals surface area contributed by atoms with Crippen LogP contribution in [0.3, 0.4) is 0 Å². The first-order valence-electron chi connectivity index (χ1n) is 8.51. The molecule has 0 saturated carbocycles. The third-order valence-electron chi connectivity index (χ3n) is 3.56. The van der Waals surface area contributed by atoms with Crippen molar-refractivity contribution in [2.24, 2.45) is 11.7 Å². The standard InChI is InChI=1S/C19H27NO6.H3N/c1-19(2,3)26-15(21)11-7-10-14(16(20)17(22)23)18(24)25-12-13-8-5-4-6-9-13;/h4-6,8-9,14,16H,7,10-12,20H2,1-3H3,(H,22,23);1H3. The average Bonchev–Trinajstić information content (AvgIpc) is 2.55. The summed E-state index contributed by atoms with van der Waals surface area (Å²) in [5, 5.41) is 9.12. The molecule has 1 rings (SSSR count). The molecule has 0 aliphatic heterocycles. The Balaban J connectivity index is 0.00000676. The van der Waals surface area contributed by atoms with Gasteiger partial charge in [0, 0.05) is 6.42 Å². The minimum Gasteiger partial charge on any atom is -0.480 e. The fraction of sp³-hybridized carbons (Fsp3) is 0.526. The van der Waals surface area contributed by atoms with E-state index in [1.54, 1.807) is 32.9 Å². The Morgan fingerprint density at radius 1 is 1.15 bits per heavy atom. The van der Waals surface area contributed by atoms with Gasteiger partial charge in [0.15, 0.2) is 0 Å². The van der Waals surface area contributed by atoms with Gasteiger partial charge in [0.25, 0.3) is 0 Å². The number of aliphatic carboxylic acids is 1. The molecule has 0 radical (unpaired) electrons. The predicted molar refractivity (Wildman–Crippen MR) is 100 cm³/mol. The third kappa shape index (κ3) is 9.72. The van der Waals surface area contributed by atoms with E-state index in [1.165, 1.54) is 0 Å². The van der Waals surface area contributed by atoms with Gasteiger partial charge < -0.3 is 26.5 Å². The van der Waals surface area contributed by atoms with Crippen LogP contribution in [-0.2, 0) is 30.5 Å². The van der Waals surface area contributed by atoms with Crippen LogP contribution < -0.4 is 11.9 Å². The van der Waals surface area contributed by atoms with E-state index in [-0.39, 0.29) is 32.0 Å². The van der Waals surface area contributed by atoms with Gasteiger partial charge in [0.1, 0.15) is 18.2 Å². The number of benzene rings is 1. The van der Waals surface area contributed by atoms with E-state index in [4.69, 9.17) is 20.3 Å². The van der Waals surface area contributed by atoms with Crippen molar-refractivity contribution in [2.45, 2.75) is 58.3 Å². The molecular weight excluding hydrogens is 352 g/mol. The lowest BCUT2D eigenvalue weighted by molar-refractivity contribution is -0.157. The maximum Gasteiger partial charge on any atom is 0.321 e. The number of nitrogens with two attached hydrogens (primary N) is 1. The molecule has 8 heteroatoms. The highest BCUT2D eigenvalue weighted by molar-refractivity contribution is 5.83. The van der Waals surface area contributed by atoms with Crippen molar-refractivity contribution in [3.05, 3.63) is 35.9 Å². The molecule has 0 saturated heterocycles. The van der Waals surface area contributed by atoms with E-state index < -0.39 is 35.5 Å². The lowest BCUT2D eigenvalue weighted by Gasteiger charge is -2.21. The van der Waals surface area contributed by atoms with Gasteiger partial charge in [0.2, 0.25) is 0 Å². The lowest BCUT2D eigenvalue weighted by Crippen LogP contribution is -2.42.